The van der Waals surface area contributed by atoms with Crippen molar-refractivity contribution in [3.8, 4) is 0 Å². The highest BCUT2D eigenvalue weighted by Crippen LogP contribution is 2.36. The van der Waals surface area contributed by atoms with Crippen LogP contribution in [0.1, 0.15) is 24.0 Å². The van der Waals surface area contributed by atoms with E-state index >= 15 is 0 Å². The third kappa shape index (κ3) is 5.23. The van der Waals surface area contributed by atoms with Gasteiger partial charge < -0.3 is 20.1 Å². The van der Waals surface area contributed by atoms with Crippen molar-refractivity contribution in [2.75, 3.05) is 19.7 Å². The van der Waals surface area contributed by atoms with Gasteiger partial charge in [0.25, 0.3) is 0 Å². The molecule has 2 aromatic carbocycles. The normalized spacial score (nSPS) is 16.0. The van der Waals surface area contributed by atoms with Crippen LogP contribution in [-0.2, 0) is 31.1 Å². The van der Waals surface area contributed by atoms with E-state index < -0.39 is 24.0 Å². The zero-order chi connectivity index (χ0) is 23.0. The maximum absolute atomic E-state index is 13.5. The predicted molar refractivity (Wildman–Crippen MR) is 119 cm³/mol. The van der Waals surface area contributed by atoms with Gasteiger partial charge in [0.05, 0.1) is 12.0 Å². The Labute approximate surface area is 187 Å². The summed E-state index contributed by atoms with van der Waals surface area (Å²) in [5, 5.41) is 12.4. The Balaban J connectivity index is 1.73. The molecule has 1 unspecified atom stereocenters. The lowest BCUT2D eigenvalue weighted by molar-refractivity contribution is -0.151. The summed E-state index contributed by atoms with van der Waals surface area (Å²) in [4.78, 5) is 39.6. The summed E-state index contributed by atoms with van der Waals surface area (Å²) in [5.74, 6) is -1.25. The van der Waals surface area contributed by atoms with E-state index in [1.54, 1.807) is 4.90 Å². The molecule has 1 atom stereocenters. The van der Waals surface area contributed by atoms with E-state index in [1.807, 2.05) is 60.7 Å². The van der Waals surface area contributed by atoms with Crippen molar-refractivity contribution >= 4 is 17.8 Å². The monoisotopic (exact) mass is 436 g/mol. The number of aliphatic hydroxyl groups excluding tert-OH is 1. The highest BCUT2D eigenvalue weighted by Gasteiger charge is 2.44. The molecule has 2 aromatic rings. The molecule has 0 radical (unpaired) electrons. The molecule has 1 aliphatic rings. The Kier molecular flexibility index (Phi) is 7.78. The van der Waals surface area contributed by atoms with Gasteiger partial charge >= 0.3 is 5.97 Å². The smallest absolute Gasteiger partial charge is 0.331 e. The van der Waals surface area contributed by atoms with Crippen molar-refractivity contribution in [2.24, 2.45) is 0 Å². The largest absolute Gasteiger partial charge is 0.459 e. The van der Waals surface area contributed by atoms with Gasteiger partial charge in [-0.15, -0.1) is 0 Å². The Morgan fingerprint density at radius 3 is 2.22 bits per heavy atom. The van der Waals surface area contributed by atoms with Crippen LogP contribution >= 0.6 is 0 Å². The first-order valence-electron chi connectivity index (χ1n) is 10.6. The second kappa shape index (κ2) is 10.7. The van der Waals surface area contributed by atoms with Crippen LogP contribution in [0, 0.1) is 0 Å². The van der Waals surface area contributed by atoms with Crippen molar-refractivity contribution in [1.29, 1.82) is 0 Å². The van der Waals surface area contributed by atoms with E-state index in [-0.39, 0.29) is 18.4 Å². The number of aliphatic hydroxyl groups is 1. The van der Waals surface area contributed by atoms with Crippen LogP contribution < -0.4 is 5.32 Å². The molecule has 2 N–H and O–H groups in total. The Morgan fingerprint density at radius 1 is 1.06 bits per heavy atom. The molecule has 1 heterocycles. The van der Waals surface area contributed by atoms with E-state index in [9.17, 15) is 19.5 Å². The number of carbonyl (C=O) groups excluding carboxylic acids is 3. The fraction of sp³-hybridized carbons (Fsp3) is 0.320. The lowest BCUT2D eigenvalue weighted by atomic mass is 9.71. The highest BCUT2D eigenvalue weighted by molar-refractivity contribution is 5.93. The summed E-state index contributed by atoms with van der Waals surface area (Å²) in [7, 11) is 0. The third-order valence-electron chi connectivity index (χ3n) is 5.86. The molecule has 0 aromatic heterocycles. The number of hydrogen-bond acceptors (Lipinski definition) is 5. The van der Waals surface area contributed by atoms with Gasteiger partial charge in [-0.05, 0) is 30.0 Å². The fourth-order valence-corrected chi connectivity index (χ4v) is 3.95. The topological polar surface area (TPSA) is 95.9 Å². The fourth-order valence-electron chi connectivity index (χ4n) is 3.95. The minimum atomic E-state index is -1.18. The molecule has 7 nitrogen and oxygen atoms in total. The Hall–Kier alpha value is -3.45. The first kappa shape index (κ1) is 23.2. The minimum Gasteiger partial charge on any atom is -0.459 e. The molecule has 1 fully saturated rings. The van der Waals surface area contributed by atoms with Crippen LogP contribution in [0.15, 0.2) is 73.3 Å². The molecule has 1 saturated heterocycles. The first-order valence-corrected chi connectivity index (χ1v) is 10.6. The van der Waals surface area contributed by atoms with Gasteiger partial charge in [-0.2, -0.15) is 0 Å². The maximum atomic E-state index is 13.5. The average Bonchev–Trinajstić information content (AvgIpc) is 2.86. The standard InChI is InChI=1S/C25H28N2O5/c1-2-22(29)27-15-13-25(14-16-27,20-11-7-4-8-12-20)24(31)26-21(17-28)23(30)32-18-19-9-5-3-6-10-19/h2-12,21,28H,1,13-18H2,(H,26,31). The van der Waals surface area contributed by atoms with Gasteiger partial charge in [-0.25, -0.2) is 4.79 Å². The summed E-state index contributed by atoms with van der Waals surface area (Å²) in [6, 6.07) is 17.3. The van der Waals surface area contributed by atoms with Crippen molar-refractivity contribution in [1.82, 2.24) is 10.2 Å². The van der Waals surface area contributed by atoms with E-state index in [1.165, 1.54) is 6.08 Å². The molecule has 7 heteroatoms. The zero-order valence-corrected chi connectivity index (χ0v) is 17.9. The zero-order valence-electron chi connectivity index (χ0n) is 17.9. The van der Waals surface area contributed by atoms with Gasteiger partial charge in [-0.3, -0.25) is 9.59 Å². The molecule has 168 valence electrons. The number of nitrogens with one attached hydrogen (secondary N) is 1. The molecular weight excluding hydrogens is 408 g/mol. The van der Waals surface area contributed by atoms with Gasteiger partial charge in [0.15, 0.2) is 6.04 Å². The summed E-state index contributed by atoms with van der Waals surface area (Å²) in [6.45, 7) is 3.77. The minimum absolute atomic E-state index is 0.0501. The number of amides is 2. The Morgan fingerprint density at radius 2 is 1.66 bits per heavy atom. The lowest BCUT2D eigenvalue weighted by Gasteiger charge is -2.41. The van der Waals surface area contributed by atoms with Crippen LogP contribution in [0.25, 0.3) is 0 Å². The number of nitrogens with zero attached hydrogens (tertiary/aromatic N) is 1. The number of likely N-dealkylation sites (tertiary alicyclic amines) is 1. The van der Waals surface area contributed by atoms with Crippen LogP contribution in [0.4, 0.5) is 0 Å². The molecule has 0 aliphatic carbocycles. The van der Waals surface area contributed by atoms with Crippen LogP contribution in [0.3, 0.4) is 0 Å². The van der Waals surface area contributed by atoms with Crippen LogP contribution in [0.2, 0.25) is 0 Å². The predicted octanol–water partition coefficient (Wildman–Crippen LogP) is 1.95. The van der Waals surface area contributed by atoms with Gasteiger partial charge in [0.1, 0.15) is 6.61 Å². The molecule has 0 saturated carbocycles. The van der Waals surface area contributed by atoms with E-state index in [0.29, 0.717) is 25.9 Å². The van der Waals surface area contributed by atoms with Gasteiger partial charge in [-0.1, -0.05) is 67.2 Å². The molecule has 1 aliphatic heterocycles. The number of rotatable bonds is 8. The van der Waals surface area contributed by atoms with Gasteiger partial charge in [0.2, 0.25) is 11.8 Å². The second-order valence-corrected chi connectivity index (χ2v) is 7.78. The number of hydrogen-bond donors (Lipinski definition) is 2. The number of benzene rings is 2. The first-order chi connectivity index (χ1) is 15.5. The molecule has 2 amide bonds. The van der Waals surface area contributed by atoms with E-state index in [0.717, 1.165) is 11.1 Å². The summed E-state index contributed by atoms with van der Waals surface area (Å²) >= 11 is 0. The Bertz CT molecular complexity index is 937. The molecule has 32 heavy (non-hydrogen) atoms. The summed E-state index contributed by atoms with van der Waals surface area (Å²) in [5.41, 5.74) is 0.688. The van der Waals surface area contributed by atoms with Crippen LogP contribution in [0.5, 0.6) is 0 Å². The van der Waals surface area contributed by atoms with Crippen molar-refractivity contribution in [3.63, 3.8) is 0 Å². The number of carbonyl (C=O) groups is 3. The molecule has 0 bridgehead atoms. The van der Waals surface area contributed by atoms with Crippen molar-refractivity contribution in [3.05, 3.63) is 84.4 Å². The third-order valence-corrected chi connectivity index (χ3v) is 5.86. The average molecular weight is 437 g/mol. The quantitative estimate of drug-likeness (QED) is 0.487. The maximum Gasteiger partial charge on any atom is 0.331 e. The number of esters is 1. The van der Waals surface area contributed by atoms with Crippen molar-refractivity contribution < 1.29 is 24.2 Å². The molecular formula is C25H28N2O5. The SMILES string of the molecule is C=CC(=O)N1CCC(C(=O)NC(CO)C(=O)OCc2ccccc2)(c2ccccc2)CC1. The summed E-state index contributed by atoms with van der Waals surface area (Å²) < 4.78 is 5.29. The van der Waals surface area contributed by atoms with E-state index in [4.69, 9.17) is 4.74 Å². The number of piperidine rings is 1. The summed E-state index contributed by atoms with van der Waals surface area (Å²) in [6.07, 6.45) is 2.04. The van der Waals surface area contributed by atoms with E-state index in [2.05, 4.69) is 11.9 Å². The number of ether oxygens (including phenoxy) is 1. The molecule has 3 rings (SSSR count). The lowest BCUT2D eigenvalue weighted by Crippen LogP contribution is -2.56. The van der Waals surface area contributed by atoms with Crippen molar-refractivity contribution in [2.45, 2.75) is 30.9 Å². The molecule has 0 spiro atoms. The highest BCUT2D eigenvalue weighted by atomic mass is 16.5. The van der Waals surface area contributed by atoms with Crippen LogP contribution in [-0.4, -0.2) is 53.5 Å². The van der Waals surface area contributed by atoms with Gasteiger partial charge in [0, 0.05) is 13.1 Å². The second-order valence-electron chi connectivity index (χ2n) is 7.78.